The zero-order valence-corrected chi connectivity index (χ0v) is 10.4. The first-order valence-electron chi connectivity index (χ1n) is 5.69. The van der Waals surface area contributed by atoms with Gasteiger partial charge in [0.15, 0.2) is 0 Å². The molecule has 0 spiro atoms. The van der Waals surface area contributed by atoms with Crippen molar-refractivity contribution in [2.45, 2.75) is 20.4 Å². The van der Waals surface area contributed by atoms with Gasteiger partial charge in [0.1, 0.15) is 5.82 Å². The van der Waals surface area contributed by atoms with Gasteiger partial charge in [-0.2, -0.15) is 10.1 Å². The van der Waals surface area contributed by atoms with Crippen molar-refractivity contribution in [2.24, 2.45) is 0 Å². The second kappa shape index (κ2) is 5.35. The molecule has 96 valence electrons. The molecule has 0 saturated heterocycles. The normalized spacial score (nSPS) is 10.3. The molecule has 0 unspecified atom stereocenters. The van der Waals surface area contributed by atoms with Crippen molar-refractivity contribution >= 4 is 11.8 Å². The zero-order valence-electron chi connectivity index (χ0n) is 10.4. The topological polar surface area (TPSA) is 102 Å². The van der Waals surface area contributed by atoms with Crippen molar-refractivity contribution < 1.29 is 4.74 Å². The average Bonchev–Trinajstić information content (AvgIpc) is 2.72. The maximum atomic E-state index is 5.69. The maximum Gasteiger partial charge on any atom is 0.226 e. The largest absolute Gasteiger partial charge is 0.478 e. The highest BCUT2D eigenvalue weighted by atomic mass is 16.5. The van der Waals surface area contributed by atoms with Crippen molar-refractivity contribution in [3.05, 3.63) is 23.5 Å². The summed E-state index contributed by atoms with van der Waals surface area (Å²) in [5.41, 5.74) is 7.41. The summed E-state index contributed by atoms with van der Waals surface area (Å²) in [5, 5.41) is 9.60. The predicted molar refractivity (Wildman–Crippen MR) is 68.3 cm³/mol. The van der Waals surface area contributed by atoms with E-state index >= 15 is 0 Å². The Labute approximate surface area is 105 Å². The highest BCUT2D eigenvalue weighted by molar-refractivity contribution is 5.40. The lowest BCUT2D eigenvalue weighted by molar-refractivity contribution is 0.326. The molecule has 0 radical (unpaired) electrons. The molecule has 0 aliphatic rings. The van der Waals surface area contributed by atoms with Gasteiger partial charge in [-0.05, 0) is 13.8 Å². The Morgan fingerprint density at radius 2 is 2.28 bits per heavy atom. The molecule has 0 aromatic carbocycles. The summed E-state index contributed by atoms with van der Waals surface area (Å²) in [4.78, 5) is 8.51. The Morgan fingerprint density at radius 1 is 1.44 bits per heavy atom. The van der Waals surface area contributed by atoms with Crippen LogP contribution in [0.2, 0.25) is 0 Å². The molecule has 18 heavy (non-hydrogen) atoms. The van der Waals surface area contributed by atoms with Crippen LogP contribution in [0.5, 0.6) is 5.88 Å². The number of aromatic nitrogens is 4. The molecule has 0 aliphatic heterocycles. The molecule has 2 aromatic rings. The molecule has 2 heterocycles. The van der Waals surface area contributed by atoms with Crippen LogP contribution in [0.4, 0.5) is 11.8 Å². The molecular weight excluding hydrogens is 232 g/mol. The van der Waals surface area contributed by atoms with Crippen LogP contribution in [0.1, 0.15) is 18.2 Å². The van der Waals surface area contributed by atoms with E-state index in [-0.39, 0.29) is 0 Å². The molecule has 0 aliphatic carbocycles. The van der Waals surface area contributed by atoms with Crippen molar-refractivity contribution in [1.82, 2.24) is 20.2 Å². The van der Waals surface area contributed by atoms with E-state index in [0.717, 1.165) is 11.3 Å². The minimum Gasteiger partial charge on any atom is -0.478 e. The van der Waals surface area contributed by atoms with E-state index in [0.29, 0.717) is 30.8 Å². The van der Waals surface area contributed by atoms with Crippen LogP contribution in [-0.4, -0.2) is 26.8 Å². The SMILES string of the molecule is CCOc1cc(C)nc(NCc2cn[nH]c2N)n1. The first-order valence-corrected chi connectivity index (χ1v) is 5.69. The molecule has 7 heteroatoms. The van der Waals surface area contributed by atoms with Crippen LogP contribution in [0, 0.1) is 6.92 Å². The number of nitrogens with two attached hydrogens (primary N) is 1. The Bertz CT molecular complexity index is 524. The number of H-pyrrole nitrogens is 1. The van der Waals surface area contributed by atoms with Crippen molar-refractivity contribution in [2.75, 3.05) is 17.7 Å². The van der Waals surface area contributed by atoms with Gasteiger partial charge in [0.2, 0.25) is 11.8 Å². The molecule has 0 fully saturated rings. The van der Waals surface area contributed by atoms with Crippen LogP contribution in [0.25, 0.3) is 0 Å². The van der Waals surface area contributed by atoms with Gasteiger partial charge in [-0.25, -0.2) is 4.98 Å². The minimum absolute atomic E-state index is 0.511. The lowest BCUT2D eigenvalue weighted by atomic mass is 10.3. The number of nitrogen functional groups attached to an aromatic ring is 1. The molecule has 0 atom stereocenters. The number of hydrogen-bond donors (Lipinski definition) is 3. The van der Waals surface area contributed by atoms with Crippen LogP contribution < -0.4 is 15.8 Å². The number of ether oxygens (including phenoxy) is 1. The van der Waals surface area contributed by atoms with Gasteiger partial charge in [0, 0.05) is 23.9 Å². The fourth-order valence-electron chi connectivity index (χ4n) is 1.48. The number of aryl methyl sites for hydroxylation is 1. The standard InChI is InChI=1S/C11H16N6O/c1-3-18-9-4-7(2)15-11(16-9)13-5-8-6-14-17-10(8)12/h4,6H,3,5H2,1-2H3,(H3,12,14,17)(H,13,15,16). The number of hydrogen-bond acceptors (Lipinski definition) is 6. The number of nitrogens with one attached hydrogen (secondary N) is 2. The van der Waals surface area contributed by atoms with E-state index in [2.05, 4.69) is 25.5 Å². The van der Waals surface area contributed by atoms with Gasteiger partial charge < -0.3 is 15.8 Å². The van der Waals surface area contributed by atoms with Crippen LogP contribution >= 0.6 is 0 Å². The lowest BCUT2D eigenvalue weighted by Crippen LogP contribution is -2.07. The summed E-state index contributed by atoms with van der Waals surface area (Å²) in [6.45, 7) is 4.89. The Kier molecular flexibility index (Phi) is 3.61. The fraction of sp³-hybridized carbons (Fsp3) is 0.364. The van der Waals surface area contributed by atoms with E-state index in [1.807, 2.05) is 13.8 Å². The van der Waals surface area contributed by atoms with Gasteiger partial charge in [-0.15, -0.1) is 0 Å². The third-order valence-electron chi connectivity index (χ3n) is 2.31. The van der Waals surface area contributed by atoms with E-state index in [1.165, 1.54) is 0 Å². The molecule has 7 nitrogen and oxygen atoms in total. The quantitative estimate of drug-likeness (QED) is 0.732. The van der Waals surface area contributed by atoms with Gasteiger partial charge >= 0.3 is 0 Å². The summed E-state index contributed by atoms with van der Waals surface area (Å²) < 4.78 is 5.35. The van der Waals surface area contributed by atoms with Crippen molar-refractivity contribution in [1.29, 1.82) is 0 Å². The molecule has 2 aromatic heterocycles. The number of nitrogens with zero attached hydrogens (tertiary/aromatic N) is 3. The smallest absolute Gasteiger partial charge is 0.226 e. The van der Waals surface area contributed by atoms with Crippen LogP contribution in [-0.2, 0) is 6.54 Å². The molecular formula is C11H16N6O. The summed E-state index contributed by atoms with van der Waals surface area (Å²) in [6, 6.07) is 1.79. The van der Waals surface area contributed by atoms with Gasteiger partial charge in [-0.3, -0.25) is 5.10 Å². The minimum atomic E-state index is 0.511. The highest BCUT2D eigenvalue weighted by Gasteiger charge is 2.05. The fourth-order valence-corrected chi connectivity index (χ4v) is 1.48. The van der Waals surface area contributed by atoms with Gasteiger partial charge in [-0.1, -0.05) is 0 Å². The zero-order chi connectivity index (χ0) is 13.0. The van der Waals surface area contributed by atoms with Crippen LogP contribution in [0.15, 0.2) is 12.3 Å². The van der Waals surface area contributed by atoms with Crippen LogP contribution in [0.3, 0.4) is 0 Å². The number of rotatable bonds is 5. The third kappa shape index (κ3) is 2.88. The second-order valence-electron chi connectivity index (χ2n) is 3.77. The molecule has 2 rings (SSSR count). The van der Waals surface area contributed by atoms with Crippen molar-refractivity contribution in [3.8, 4) is 5.88 Å². The summed E-state index contributed by atoms with van der Waals surface area (Å²) >= 11 is 0. The number of anilines is 2. The summed E-state index contributed by atoms with van der Waals surface area (Å²) in [6.07, 6.45) is 1.67. The van der Waals surface area contributed by atoms with Crippen molar-refractivity contribution in [3.63, 3.8) is 0 Å². The average molecular weight is 248 g/mol. The molecule has 0 saturated carbocycles. The monoisotopic (exact) mass is 248 g/mol. The van der Waals surface area contributed by atoms with E-state index in [4.69, 9.17) is 10.5 Å². The van der Waals surface area contributed by atoms with E-state index < -0.39 is 0 Å². The lowest BCUT2D eigenvalue weighted by Gasteiger charge is -2.07. The number of aromatic amines is 1. The van der Waals surface area contributed by atoms with E-state index in [9.17, 15) is 0 Å². The molecule has 0 bridgehead atoms. The molecule has 0 amide bonds. The molecule has 4 N–H and O–H groups in total. The predicted octanol–water partition coefficient (Wildman–Crippen LogP) is 1.10. The first-order chi connectivity index (χ1) is 8.69. The Hall–Kier alpha value is -2.31. The van der Waals surface area contributed by atoms with Gasteiger partial charge in [0.25, 0.3) is 0 Å². The maximum absolute atomic E-state index is 5.69. The van der Waals surface area contributed by atoms with Gasteiger partial charge in [0.05, 0.1) is 12.8 Å². The highest BCUT2D eigenvalue weighted by Crippen LogP contribution is 2.13. The third-order valence-corrected chi connectivity index (χ3v) is 2.31. The second-order valence-corrected chi connectivity index (χ2v) is 3.77. The Morgan fingerprint density at radius 3 is 2.94 bits per heavy atom. The Balaban J connectivity index is 2.07. The summed E-state index contributed by atoms with van der Waals surface area (Å²) in [7, 11) is 0. The summed E-state index contributed by atoms with van der Waals surface area (Å²) in [5.74, 6) is 1.62. The van der Waals surface area contributed by atoms with E-state index in [1.54, 1.807) is 12.3 Å². The first kappa shape index (κ1) is 12.2.